The lowest BCUT2D eigenvalue weighted by Crippen LogP contribution is -2.50. The number of carbonyl (C=O) groups is 1. The van der Waals surface area contributed by atoms with Crippen LogP contribution < -0.4 is 0 Å². The minimum absolute atomic E-state index is 0.131. The van der Waals surface area contributed by atoms with Gasteiger partial charge in [0.05, 0.1) is 13.2 Å². The second-order valence-corrected chi connectivity index (χ2v) is 7.70. The fraction of sp³-hybridized carbons (Fsp3) is 0.632. The molecule has 2 saturated heterocycles. The van der Waals surface area contributed by atoms with E-state index < -0.39 is 0 Å². The molecular weight excluding hydrogens is 322 g/mol. The van der Waals surface area contributed by atoms with Crippen LogP contribution in [0.15, 0.2) is 23.6 Å². The quantitative estimate of drug-likeness (QED) is 0.765. The summed E-state index contributed by atoms with van der Waals surface area (Å²) >= 11 is 1.65. The van der Waals surface area contributed by atoms with E-state index in [0.717, 1.165) is 63.7 Å². The van der Waals surface area contributed by atoms with Crippen LogP contribution in [-0.2, 0) is 14.3 Å². The molecular formula is C19H27NO3S. The van der Waals surface area contributed by atoms with Crippen molar-refractivity contribution in [3.8, 4) is 0 Å². The molecule has 2 aliphatic heterocycles. The molecule has 1 spiro atoms. The van der Waals surface area contributed by atoms with Crippen LogP contribution in [0.3, 0.4) is 0 Å². The van der Waals surface area contributed by atoms with E-state index in [-0.39, 0.29) is 5.91 Å². The summed E-state index contributed by atoms with van der Waals surface area (Å²) in [5, 5.41) is 2.03. The van der Waals surface area contributed by atoms with Gasteiger partial charge in [0, 0.05) is 43.2 Å². The predicted octanol–water partition coefficient (Wildman–Crippen LogP) is 3.44. The first-order valence-electron chi connectivity index (χ1n) is 8.89. The summed E-state index contributed by atoms with van der Waals surface area (Å²) in [5.41, 5.74) is 0.293. The van der Waals surface area contributed by atoms with Crippen molar-refractivity contribution in [3.05, 3.63) is 28.5 Å². The first kappa shape index (κ1) is 17.6. The number of hydrogen-bond donors (Lipinski definition) is 0. The highest BCUT2D eigenvalue weighted by atomic mass is 32.1. The topological polar surface area (TPSA) is 38.8 Å². The minimum Gasteiger partial charge on any atom is -0.381 e. The van der Waals surface area contributed by atoms with Crippen molar-refractivity contribution in [2.45, 2.75) is 26.2 Å². The second kappa shape index (κ2) is 8.28. The molecule has 0 N–H and O–H groups in total. The normalized spacial score (nSPS) is 23.9. The monoisotopic (exact) mass is 349 g/mol. The third-order valence-corrected chi connectivity index (χ3v) is 6.29. The van der Waals surface area contributed by atoms with E-state index in [2.05, 4.69) is 0 Å². The van der Waals surface area contributed by atoms with E-state index in [1.807, 2.05) is 35.4 Å². The van der Waals surface area contributed by atoms with Crippen molar-refractivity contribution in [1.82, 2.24) is 4.90 Å². The van der Waals surface area contributed by atoms with E-state index in [1.54, 1.807) is 17.4 Å². The maximum Gasteiger partial charge on any atom is 0.246 e. The zero-order valence-electron chi connectivity index (χ0n) is 14.4. The SMILES string of the molecule is CCOC[C@H]1COCCC12CCN(C(=O)/C=C/c1cccs1)CC2. The Morgan fingerprint density at radius 2 is 2.29 bits per heavy atom. The standard InChI is InChI=1S/C19H27NO3S/c1-2-22-14-16-15-23-12-9-19(16)7-10-20(11-8-19)18(21)6-5-17-4-3-13-24-17/h3-6,13,16H,2,7-12,14-15H2,1H3/b6-5+/t16-/m0/s1. The molecule has 3 rings (SSSR count). The summed E-state index contributed by atoms with van der Waals surface area (Å²) in [4.78, 5) is 15.5. The Hall–Kier alpha value is -1.17. The van der Waals surface area contributed by atoms with Gasteiger partial charge in [0.25, 0.3) is 0 Å². The number of likely N-dealkylation sites (tertiary alicyclic amines) is 1. The lowest BCUT2D eigenvalue weighted by atomic mass is 9.66. The highest BCUT2D eigenvalue weighted by Gasteiger charge is 2.43. The van der Waals surface area contributed by atoms with Crippen LogP contribution in [0.5, 0.6) is 0 Å². The van der Waals surface area contributed by atoms with Crippen LogP contribution in [-0.4, -0.2) is 50.3 Å². The number of ether oxygens (including phenoxy) is 2. The van der Waals surface area contributed by atoms with E-state index in [4.69, 9.17) is 9.47 Å². The van der Waals surface area contributed by atoms with Gasteiger partial charge < -0.3 is 14.4 Å². The van der Waals surface area contributed by atoms with Gasteiger partial charge in [-0.05, 0) is 49.1 Å². The molecule has 0 aromatic carbocycles. The molecule has 2 aliphatic rings. The molecule has 5 heteroatoms. The zero-order chi connectivity index (χ0) is 16.8. The van der Waals surface area contributed by atoms with Gasteiger partial charge in [-0.25, -0.2) is 0 Å². The molecule has 0 aliphatic carbocycles. The molecule has 1 aromatic rings. The van der Waals surface area contributed by atoms with Crippen molar-refractivity contribution in [2.75, 3.05) is 39.5 Å². The van der Waals surface area contributed by atoms with E-state index >= 15 is 0 Å². The van der Waals surface area contributed by atoms with Crippen LogP contribution in [0.25, 0.3) is 6.08 Å². The number of nitrogens with zero attached hydrogens (tertiary/aromatic N) is 1. The van der Waals surface area contributed by atoms with Gasteiger partial charge >= 0.3 is 0 Å². The van der Waals surface area contributed by atoms with Gasteiger partial charge in [-0.15, -0.1) is 11.3 Å². The average Bonchev–Trinajstić information content (AvgIpc) is 3.13. The molecule has 4 nitrogen and oxygen atoms in total. The Kier molecular flexibility index (Phi) is 6.09. The lowest BCUT2D eigenvalue weighted by Gasteiger charge is -2.48. The van der Waals surface area contributed by atoms with Gasteiger partial charge in [0.15, 0.2) is 0 Å². The summed E-state index contributed by atoms with van der Waals surface area (Å²) in [5.74, 6) is 0.594. The number of carbonyl (C=O) groups excluding carboxylic acids is 1. The highest BCUT2D eigenvalue weighted by molar-refractivity contribution is 7.10. The van der Waals surface area contributed by atoms with Gasteiger partial charge in [0.2, 0.25) is 5.91 Å². The molecule has 1 amide bonds. The Labute approximate surface area is 148 Å². The summed E-state index contributed by atoms with van der Waals surface area (Å²) in [6, 6.07) is 4.03. The predicted molar refractivity (Wildman–Crippen MR) is 97.0 cm³/mol. The maximum absolute atomic E-state index is 12.4. The number of hydrogen-bond acceptors (Lipinski definition) is 4. The average molecular weight is 349 g/mol. The molecule has 0 unspecified atom stereocenters. The molecule has 0 saturated carbocycles. The Morgan fingerprint density at radius 3 is 3.00 bits per heavy atom. The number of amides is 1. The summed E-state index contributed by atoms with van der Waals surface area (Å²) in [6.45, 7) is 6.90. The van der Waals surface area contributed by atoms with E-state index in [9.17, 15) is 4.79 Å². The van der Waals surface area contributed by atoms with Crippen LogP contribution >= 0.6 is 11.3 Å². The van der Waals surface area contributed by atoms with Crippen molar-refractivity contribution in [3.63, 3.8) is 0 Å². The van der Waals surface area contributed by atoms with Crippen molar-refractivity contribution in [2.24, 2.45) is 11.3 Å². The summed E-state index contributed by atoms with van der Waals surface area (Å²) in [6.07, 6.45) is 6.85. The molecule has 1 atom stereocenters. The first-order valence-corrected chi connectivity index (χ1v) is 9.77. The van der Waals surface area contributed by atoms with Gasteiger partial charge in [0.1, 0.15) is 0 Å². The van der Waals surface area contributed by atoms with Gasteiger partial charge in [-0.1, -0.05) is 6.07 Å². The number of piperidine rings is 1. The van der Waals surface area contributed by atoms with Gasteiger partial charge in [-0.3, -0.25) is 4.79 Å². The fourth-order valence-corrected chi connectivity index (χ4v) is 4.46. The molecule has 0 bridgehead atoms. The number of thiophene rings is 1. The largest absolute Gasteiger partial charge is 0.381 e. The van der Waals surface area contributed by atoms with E-state index in [1.165, 1.54) is 0 Å². The smallest absolute Gasteiger partial charge is 0.246 e. The molecule has 2 fully saturated rings. The Bertz CT molecular complexity index is 547. The minimum atomic E-state index is 0.131. The van der Waals surface area contributed by atoms with E-state index in [0.29, 0.717) is 11.3 Å². The highest BCUT2D eigenvalue weighted by Crippen LogP contribution is 2.44. The van der Waals surface area contributed by atoms with Crippen LogP contribution in [0, 0.1) is 11.3 Å². The molecule has 1 aromatic heterocycles. The fourth-order valence-electron chi connectivity index (χ4n) is 3.84. The maximum atomic E-state index is 12.4. The van der Waals surface area contributed by atoms with Crippen molar-refractivity contribution >= 4 is 23.3 Å². The molecule has 3 heterocycles. The van der Waals surface area contributed by atoms with Crippen LogP contribution in [0.4, 0.5) is 0 Å². The number of rotatable bonds is 5. The Balaban J connectivity index is 1.56. The van der Waals surface area contributed by atoms with Crippen LogP contribution in [0.2, 0.25) is 0 Å². The zero-order valence-corrected chi connectivity index (χ0v) is 15.2. The first-order chi connectivity index (χ1) is 11.7. The van der Waals surface area contributed by atoms with Crippen LogP contribution in [0.1, 0.15) is 31.1 Å². The third kappa shape index (κ3) is 4.08. The van der Waals surface area contributed by atoms with Gasteiger partial charge in [-0.2, -0.15) is 0 Å². The molecule has 0 radical (unpaired) electrons. The van der Waals surface area contributed by atoms with Crippen molar-refractivity contribution in [1.29, 1.82) is 0 Å². The summed E-state index contributed by atoms with van der Waals surface area (Å²) < 4.78 is 11.4. The van der Waals surface area contributed by atoms with Crippen molar-refractivity contribution < 1.29 is 14.3 Å². The molecule has 132 valence electrons. The Morgan fingerprint density at radius 1 is 1.46 bits per heavy atom. The third-order valence-electron chi connectivity index (χ3n) is 5.46. The second-order valence-electron chi connectivity index (χ2n) is 6.72. The molecule has 24 heavy (non-hydrogen) atoms. The summed E-state index contributed by atoms with van der Waals surface area (Å²) in [7, 11) is 0. The lowest BCUT2D eigenvalue weighted by molar-refractivity contribution is -0.134.